The number of anilines is 1. The molecule has 0 aliphatic carbocycles. The molecule has 0 atom stereocenters. The number of amides is 1. The van der Waals surface area contributed by atoms with Crippen LogP contribution >= 0.6 is 0 Å². The van der Waals surface area contributed by atoms with Gasteiger partial charge in [-0.2, -0.15) is 0 Å². The maximum Gasteiger partial charge on any atom is 0.253 e. The van der Waals surface area contributed by atoms with Crippen LogP contribution in [0.3, 0.4) is 0 Å². The Morgan fingerprint density at radius 2 is 1.61 bits per heavy atom. The minimum absolute atomic E-state index is 0.0136. The summed E-state index contributed by atoms with van der Waals surface area (Å²) in [6.45, 7) is 6.07. The molecule has 0 spiro atoms. The van der Waals surface area contributed by atoms with Gasteiger partial charge in [-0.25, -0.2) is 8.42 Å². The van der Waals surface area contributed by atoms with E-state index in [9.17, 15) is 13.2 Å². The second-order valence-electron chi connectivity index (χ2n) is 9.21. The monoisotopic (exact) mass is 503 g/mol. The number of piperazine rings is 1. The lowest BCUT2D eigenvalue weighted by Gasteiger charge is -2.34. The maximum absolute atomic E-state index is 13.0. The standard InChI is InChI=1S/C29H33N3O3S/c1-24-8-6-12-28(22-24)32(36(2,34)35)23-26-13-15-27(16-14-26)29(33)31-20-18-30(19-21-31)17-7-11-25-9-4-3-5-10-25/h3-16,22H,17-21,23H2,1-2H3/b11-7+. The van der Waals surface area contributed by atoms with Crippen molar-refractivity contribution in [1.82, 2.24) is 9.80 Å². The predicted octanol–water partition coefficient (Wildman–Crippen LogP) is 4.43. The van der Waals surface area contributed by atoms with E-state index in [0.29, 0.717) is 24.3 Å². The van der Waals surface area contributed by atoms with Crippen LogP contribution in [0.1, 0.15) is 27.0 Å². The molecule has 3 aromatic rings. The third-order valence-electron chi connectivity index (χ3n) is 6.35. The number of sulfonamides is 1. The van der Waals surface area contributed by atoms with Crippen LogP contribution in [0.2, 0.25) is 0 Å². The minimum Gasteiger partial charge on any atom is -0.336 e. The summed E-state index contributed by atoms with van der Waals surface area (Å²) in [5, 5.41) is 0. The third-order valence-corrected chi connectivity index (χ3v) is 7.49. The fraction of sp³-hybridized carbons (Fsp3) is 0.276. The zero-order chi connectivity index (χ0) is 25.5. The van der Waals surface area contributed by atoms with Crippen molar-refractivity contribution in [3.05, 3.63) is 107 Å². The Bertz CT molecular complexity index is 1300. The van der Waals surface area contributed by atoms with Gasteiger partial charge in [0.05, 0.1) is 18.5 Å². The zero-order valence-electron chi connectivity index (χ0n) is 20.9. The number of aryl methyl sites for hydroxylation is 1. The molecule has 188 valence electrons. The van der Waals surface area contributed by atoms with Gasteiger partial charge in [0.1, 0.15) is 0 Å². The van der Waals surface area contributed by atoms with Gasteiger partial charge in [-0.1, -0.05) is 66.7 Å². The average molecular weight is 504 g/mol. The molecule has 4 rings (SSSR count). The van der Waals surface area contributed by atoms with E-state index in [2.05, 4.69) is 29.2 Å². The van der Waals surface area contributed by atoms with Gasteiger partial charge in [-0.15, -0.1) is 0 Å². The fourth-order valence-electron chi connectivity index (χ4n) is 4.32. The molecule has 3 aromatic carbocycles. The van der Waals surface area contributed by atoms with Crippen LogP contribution in [0.15, 0.2) is 84.9 Å². The second kappa shape index (κ2) is 11.5. The van der Waals surface area contributed by atoms with Crippen molar-refractivity contribution < 1.29 is 13.2 Å². The molecule has 1 amide bonds. The van der Waals surface area contributed by atoms with Gasteiger partial charge < -0.3 is 4.90 Å². The van der Waals surface area contributed by atoms with Gasteiger partial charge in [-0.05, 0) is 47.9 Å². The largest absolute Gasteiger partial charge is 0.336 e. The molecule has 36 heavy (non-hydrogen) atoms. The molecule has 0 radical (unpaired) electrons. The van der Waals surface area contributed by atoms with Crippen LogP contribution in [0.25, 0.3) is 6.08 Å². The second-order valence-corrected chi connectivity index (χ2v) is 11.1. The highest BCUT2D eigenvalue weighted by Gasteiger charge is 2.22. The lowest BCUT2D eigenvalue weighted by Crippen LogP contribution is -2.48. The fourth-order valence-corrected chi connectivity index (χ4v) is 5.20. The lowest BCUT2D eigenvalue weighted by atomic mass is 10.1. The van der Waals surface area contributed by atoms with Gasteiger partial charge in [0.2, 0.25) is 10.0 Å². The van der Waals surface area contributed by atoms with E-state index in [-0.39, 0.29) is 12.5 Å². The molecule has 1 aliphatic rings. The quantitative estimate of drug-likeness (QED) is 0.456. The molecule has 0 aromatic heterocycles. The minimum atomic E-state index is -3.46. The van der Waals surface area contributed by atoms with Crippen molar-refractivity contribution >= 4 is 27.7 Å². The Morgan fingerprint density at radius 1 is 0.917 bits per heavy atom. The van der Waals surface area contributed by atoms with Gasteiger partial charge in [0.15, 0.2) is 0 Å². The summed E-state index contributed by atoms with van der Waals surface area (Å²) in [6.07, 6.45) is 5.51. The van der Waals surface area contributed by atoms with E-state index >= 15 is 0 Å². The van der Waals surface area contributed by atoms with Gasteiger partial charge >= 0.3 is 0 Å². The van der Waals surface area contributed by atoms with E-state index < -0.39 is 10.0 Å². The first-order valence-corrected chi connectivity index (χ1v) is 14.0. The van der Waals surface area contributed by atoms with Crippen LogP contribution in [0.5, 0.6) is 0 Å². The average Bonchev–Trinajstić information content (AvgIpc) is 2.87. The first kappa shape index (κ1) is 25.7. The van der Waals surface area contributed by atoms with Crippen molar-refractivity contribution in [2.75, 3.05) is 43.3 Å². The number of rotatable bonds is 8. The van der Waals surface area contributed by atoms with E-state index in [1.54, 1.807) is 18.2 Å². The number of hydrogen-bond acceptors (Lipinski definition) is 4. The van der Waals surface area contributed by atoms with Crippen molar-refractivity contribution in [3.63, 3.8) is 0 Å². The number of carbonyl (C=O) groups is 1. The zero-order valence-corrected chi connectivity index (χ0v) is 21.7. The van der Waals surface area contributed by atoms with Crippen molar-refractivity contribution in [1.29, 1.82) is 0 Å². The Kier molecular flexibility index (Phi) is 8.23. The maximum atomic E-state index is 13.0. The van der Waals surface area contributed by atoms with E-state index in [1.165, 1.54) is 16.1 Å². The van der Waals surface area contributed by atoms with Crippen LogP contribution in [0, 0.1) is 6.92 Å². The Labute approximate surface area is 214 Å². The third kappa shape index (κ3) is 6.83. The molecule has 1 saturated heterocycles. The summed E-state index contributed by atoms with van der Waals surface area (Å²) in [7, 11) is -3.46. The number of benzene rings is 3. The Hall–Kier alpha value is -3.42. The number of hydrogen-bond donors (Lipinski definition) is 0. The number of nitrogens with zero attached hydrogens (tertiary/aromatic N) is 3. The molecule has 0 N–H and O–H groups in total. The summed E-state index contributed by atoms with van der Waals surface area (Å²) in [6, 6.07) is 24.9. The topological polar surface area (TPSA) is 60.9 Å². The molecule has 0 bridgehead atoms. The first-order valence-electron chi connectivity index (χ1n) is 12.2. The highest BCUT2D eigenvalue weighted by molar-refractivity contribution is 7.92. The van der Waals surface area contributed by atoms with E-state index in [0.717, 1.165) is 30.8 Å². The molecular formula is C29H33N3O3S. The van der Waals surface area contributed by atoms with Crippen molar-refractivity contribution in [3.8, 4) is 0 Å². The summed E-state index contributed by atoms with van der Waals surface area (Å²) in [5.74, 6) is 0.0136. The van der Waals surface area contributed by atoms with E-state index in [4.69, 9.17) is 0 Å². The summed E-state index contributed by atoms with van der Waals surface area (Å²) in [5.41, 5.74) is 4.27. The van der Waals surface area contributed by atoms with Crippen LogP contribution < -0.4 is 4.31 Å². The van der Waals surface area contributed by atoms with Gasteiger partial charge in [-0.3, -0.25) is 14.0 Å². The molecule has 1 fully saturated rings. The predicted molar refractivity (Wildman–Crippen MR) is 146 cm³/mol. The Balaban J connectivity index is 1.33. The normalized spacial score (nSPS) is 14.8. The van der Waals surface area contributed by atoms with Gasteiger partial charge in [0.25, 0.3) is 5.91 Å². The van der Waals surface area contributed by atoms with Gasteiger partial charge in [0, 0.05) is 38.3 Å². The smallest absolute Gasteiger partial charge is 0.253 e. The first-order chi connectivity index (χ1) is 17.3. The molecule has 1 aliphatic heterocycles. The molecule has 0 unspecified atom stereocenters. The van der Waals surface area contributed by atoms with Crippen LogP contribution in [-0.4, -0.2) is 63.1 Å². The van der Waals surface area contributed by atoms with Crippen LogP contribution in [0.4, 0.5) is 5.69 Å². The van der Waals surface area contributed by atoms with Crippen molar-refractivity contribution in [2.24, 2.45) is 0 Å². The highest BCUT2D eigenvalue weighted by atomic mass is 32.2. The molecule has 6 nitrogen and oxygen atoms in total. The SMILES string of the molecule is Cc1cccc(N(Cc2ccc(C(=O)N3CCN(C/C=C/c4ccccc4)CC3)cc2)S(C)(=O)=O)c1. The summed E-state index contributed by atoms with van der Waals surface area (Å²) in [4.78, 5) is 17.3. The summed E-state index contributed by atoms with van der Waals surface area (Å²) >= 11 is 0. The molecule has 0 saturated carbocycles. The molecule has 1 heterocycles. The number of carbonyl (C=O) groups excluding carboxylic acids is 1. The van der Waals surface area contributed by atoms with Crippen molar-refractivity contribution in [2.45, 2.75) is 13.5 Å². The summed E-state index contributed by atoms with van der Waals surface area (Å²) < 4.78 is 26.3. The van der Waals surface area contributed by atoms with E-state index in [1.807, 2.05) is 60.4 Å². The lowest BCUT2D eigenvalue weighted by molar-refractivity contribution is 0.0650. The molecule has 7 heteroatoms. The Morgan fingerprint density at radius 3 is 2.25 bits per heavy atom. The molecular weight excluding hydrogens is 470 g/mol. The van der Waals surface area contributed by atoms with Crippen LogP contribution in [-0.2, 0) is 16.6 Å². The highest BCUT2D eigenvalue weighted by Crippen LogP contribution is 2.22.